The number of likely N-dealkylation sites (tertiary alicyclic amines) is 1. The lowest BCUT2D eigenvalue weighted by molar-refractivity contribution is -0.222. The second-order valence-electron chi connectivity index (χ2n) is 4.37. The lowest BCUT2D eigenvalue weighted by Crippen LogP contribution is -2.67. The maximum Gasteiger partial charge on any atom is 0.303 e. The number of hydrogen-bond acceptors (Lipinski definition) is 7. The molecule has 106 valence electrons. The highest BCUT2D eigenvalue weighted by Crippen LogP contribution is 2.23. The van der Waals surface area contributed by atoms with Gasteiger partial charge in [0.05, 0.1) is 12.6 Å². The number of nitrogens with zero attached hydrogens (tertiary/aromatic N) is 1. The van der Waals surface area contributed by atoms with Crippen molar-refractivity contribution in [3.05, 3.63) is 0 Å². The van der Waals surface area contributed by atoms with Gasteiger partial charge in [0.2, 0.25) is 0 Å². The lowest BCUT2D eigenvalue weighted by Gasteiger charge is -2.46. The quantitative estimate of drug-likeness (QED) is 0.307. The summed E-state index contributed by atoms with van der Waals surface area (Å²) in [6.07, 6.45) is -5.90. The van der Waals surface area contributed by atoms with Crippen LogP contribution < -0.4 is 0 Å². The maximum absolute atomic E-state index is 10.4. The van der Waals surface area contributed by atoms with Crippen molar-refractivity contribution in [2.75, 3.05) is 13.2 Å². The van der Waals surface area contributed by atoms with E-state index in [0.717, 1.165) is 0 Å². The number of carboxylic acid groups (broad SMARTS) is 1. The molecule has 5 atom stereocenters. The summed E-state index contributed by atoms with van der Waals surface area (Å²) in [6, 6.07) is -0.938. The molecule has 1 aliphatic rings. The molecule has 0 spiro atoms. The first-order chi connectivity index (χ1) is 8.40. The normalized spacial score (nSPS) is 37.7. The van der Waals surface area contributed by atoms with Crippen molar-refractivity contribution >= 4 is 5.97 Å². The number of rotatable bonds is 5. The molecule has 0 aromatic heterocycles. The second kappa shape index (κ2) is 6.41. The molecule has 0 amide bonds. The van der Waals surface area contributed by atoms with E-state index in [-0.39, 0.29) is 19.4 Å². The first kappa shape index (κ1) is 15.3. The molecular formula is C10H19NO7. The van der Waals surface area contributed by atoms with Crippen molar-refractivity contribution in [3.8, 4) is 0 Å². The number of aliphatic hydroxyl groups excluding tert-OH is 5. The zero-order valence-electron chi connectivity index (χ0n) is 9.75. The van der Waals surface area contributed by atoms with E-state index in [1.807, 2.05) is 0 Å². The molecule has 0 aliphatic carbocycles. The molecule has 1 aliphatic heterocycles. The predicted octanol–water partition coefficient (Wildman–Crippen LogP) is -3.07. The highest BCUT2D eigenvalue weighted by atomic mass is 16.4. The van der Waals surface area contributed by atoms with E-state index in [4.69, 9.17) is 10.2 Å². The van der Waals surface area contributed by atoms with Crippen LogP contribution in [0.3, 0.4) is 0 Å². The summed E-state index contributed by atoms with van der Waals surface area (Å²) in [5.41, 5.74) is 0. The summed E-state index contributed by atoms with van der Waals surface area (Å²) >= 11 is 0. The van der Waals surface area contributed by atoms with Gasteiger partial charge in [0.1, 0.15) is 24.5 Å². The summed E-state index contributed by atoms with van der Waals surface area (Å²) in [5, 5.41) is 56.0. The Morgan fingerprint density at radius 1 is 1.06 bits per heavy atom. The molecule has 0 bridgehead atoms. The van der Waals surface area contributed by atoms with Crippen LogP contribution >= 0.6 is 0 Å². The van der Waals surface area contributed by atoms with E-state index < -0.39 is 43.2 Å². The van der Waals surface area contributed by atoms with E-state index in [2.05, 4.69) is 0 Å². The highest BCUT2D eigenvalue weighted by molar-refractivity contribution is 5.66. The van der Waals surface area contributed by atoms with Crippen LogP contribution in [0.1, 0.15) is 12.8 Å². The molecular weight excluding hydrogens is 246 g/mol. The first-order valence-corrected chi connectivity index (χ1v) is 5.70. The Labute approximate surface area is 104 Å². The smallest absolute Gasteiger partial charge is 0.303 e. The van der Waals surface area contributed by atoms with Gasteiger partial charge < -0.3 is 30.6 Å². The Morgan fingerprint density at radius 3 is 2.17 bits per heavy atom. The van der Waals surface area contributed by atoms with E-state index in [9.17, 15) is 25.2 Å². The predicted molar refractivity (Wildman–Crippen MR) is 58.5 cm³/mol. The number of carbonyl (C=O) groups is 1. The third-order valence-corrected chi connectivity index (χ3v) is 3.16. The fourth-order valence-corrected chi connectivity index (χ4v) is 2.12. The molecule has 8 heteroatoms. The van der Waals surface area contributed by atoms with Gasteiger partial charge in [-0.3, -0.25) is 9.69 Å². The highest BCUT2D eigenvalue weighted by Gasteiger charge is 2.46. The number of aliphatic hydroxyl groups is 5. The summed E-state index contributed by atoms with van der Waals surface area (Å²) in [6.45, 7) is -0.436. The molecule has 1 saturated heterocycles. The maximum atomic E-state index is 10.4. The average Bonchev–Trinajstić information content (AvgIpc) is 2.33. The Kier molecular flexibility index (Phi) is 5.45. The van der Waals surface area contributed by atoms with Crippen molar-refractivity contribution < 1.29 is 35.4 Å². The minimum absolute atomic E-state index is 0.0829. The Bertz CT molecular complexity index is 287. The summed E-state index contributed by atoms with van der Waals surface area (Å²) in [4.78, 5) is 11.6. The SMILES string of the molecule is O=C(O)CCCN1C(O)[C@H](O)[C@@H](O)[C@H](O)[C@H]1CO. The van der Waals surface area contributed by atoms with Gasteiger partial charge in [0, 0.05) is 13.0 Å². The number of carboxylic acids is 1. The van der Waals surface area contributed by atoms with Gasteiger partial charge in [-0.2, -0.15) is 0 Å². The van der Waals surface area contributed by atoms with Crippen LogP contribution in [0.4, 0.5) is 0 Å². The fraction of sp³-hybridized carbons (Fsp3) is 0.900. The van der Waals surface area contributed by atoms with Crippen molar-refractivity contribution in [3.63, 3.8) is 0 Å². The van der Waals surface area contributed by atoms with Gasteiger partial charge in [-0.25, -0.2) is 0 Å². The minimum atomic E-state index is -1.56. The molecule has 1 unspecified atom stereocenters. The van der Waals surface area contributed by atoms with Crippen molar-refractivity contribution in [2.45, 2.75) is 43.4 Å². The molecule has 8 nitrogen and oxygen atoms in total. The van der Waals surface area contributed by atoms with Gasteiger partial charge in [-0.05, 0) is 6.42 Å². The molecule has 0 aromatic rings. The van der Waals surface area contributed by atoms with E-state index in [1.165, 1.54) is 4.90 Å². The van der Waals surface area contributed by atoms with Crippen molar-refractivity contribution in [1.29, 1.82) is 0 Å². The summed E-state index contributed by atoms with van der Waals surface area (Å²) in [5.74, 6) is -0.997. The molecule has 1 heterocycles. The monoisotopic (exact) mass is 265 g/mol. The lowest BCUT2D eigenvalue weighted by atomic mass is 9.92. The fourth-order valence-electron chi connectivity index (χ4n) is 2.12. The minimum Gasteiger partial charge on any atom is -0.481 e. The topological polar surface area (TPSA) is 142 Å². The Morgan fingerprint density at radius 2 is 1.67 bits per heavy atom. The van der Waals surface area contributed by atoms with Gasteiger partial charge >= 0.3 is 5.97 Å². The third-order valence-electron chi connectivity index (χ3n) is 3.16. The second-order valence-corrected chi connectivity index (χ2v) is 4.37. The van der Waals surface area contributed by atoms with E-state index in [1.54, 1.807) is 0 Å². The van der Waals surface area contributed by atoms with Crippen LogP contribution in [0.5, 0.6) is 0 Å². The Hall–Kier alpha value is -0.770. The molecule has 0 aromatic carbocycles. The third kappa shape index (κ3) is 3.16. The number of piperidine rings is 1. The summed E-state index contributed by atoms with van der Waals surface area (Å²) < 4.78 is 0. The molecule has 1 fully saturated rings. The van der Waals surface area contributed by atoms with Crippen LogP contribution in [-0.2, 0) is 4.79 Å². The number of aliphatic carboxylic acids is 1. The van der Waals surface area contributed by atoms with Crippen molar-refractivity contribution in [1.82, 2.24) is 4.90 Å². The van der Waals surface area contributed by atoms with Crippen LogP contribution in [0.2, 0.25) is 0 Å². The molecule has 18 heavy (non-hydrogen) atoms. The van der Waals surface area contributed by atoms with Gasteiger partial charge in [0.15, 0.2) is 0 Å². The van der Waals surface area contributed by atoms with Crippen LogP contribution in [0.25, 0.3) is 0 Å². The number of hydrogen-bond donors (Lipinski definition) is 6. The Balaban J connectivity index is 2.68. The first-order valence-electron chi connectivity index (χ1n) is 5.70. The molecule has 6 N–H and O–H groups in total. The van der Waals surface area contributed by atoms with Gasteiger partial charge in [-0.1, -0.05) is 0 Å². The van der Waals surface area contributed by atoms with Crippen molar-refractivity contribution in [2.24, 2.45) is 0 Å². The van der Waals surface area contributed by atoms with Crippen LogP contribution in [-0.4, -0.2) is 85.2 Å². The standard InChI is InChI=1S/C10H19NO7/c12-4-5-7(15)8(16)9(17)10(18)11(5)3-1-2-6(13)14/h5,7-10,12,15-18H,1-4H2,(H,13,14)/t5-,7-,8+,9-,10?/m1/s1. The van der Waals surface area contributed by atoms with Gasteiger partial charge in [-0.15, -0.1) is 0 Å². The van der Waals surface area contributed by atoms with Gasteiger partial charge in [0.25, 0.3) is 0 Å². The summed E-state index contributed by atoms with van der Waals surface area (Å²) in [7, 11) is 0. The zero-order valence-corrected chi connectivity index (χ0v) is 9.75. The zero-order chi connectivity index (χ0) is 13.9. The average molecular weight is 265 g/mol. The molecule has 0 saturated carbocycles. The molecule has 0 radical (unpaired) electrons. The van der Waals surface area contributed by atoms with E-state index >= 15 is 0 Å². The van der Waals surface area contributed by atoms with E-state index in [0.29, 0.717) is 0 Å². The largest absolute Gasteiger partial charge is 0.481 e. The van der Waals surface area contributed by atoms with Crippen LogP contribution in [0, 0.1) is 0 Å². The van der Waals surface area contributed by atoms with Crippen LogP contribution in [0.15, 0.2) is 0 Å². The molecule has 1 rings (SSSR count).